The summed E-state index contributed by atoms with van der Waals surface area (Å²) < 4.78 is 42.7. The Morgan fingerprint density at radius 3 is 2.61 bits per heavy atom. The minimum Gasteiger partial charge on any atom is -0.355 e. The fraction of sp³-hybridized carbons (Fsp3) is 0.560. The molecule has 0 unspecified atom stereocenters. The molecule has 0 radical (unpaired) electrons. The summed E-state index contributed by atoms with van der Waals surface area (Å²) in [5.74, 6) is 1.78. The third-order valence-electron chi connectivity index (χ3n) is 7.42. The summed E-state index contributed by atoms with van der Waals surface area (Å²) >= 11 is 12.4. The fourth-order valence-corrected chi connectivity index (χ4v) is 6.04. The van der Waals surface area contributed by atoms with Crippen molar-refractivity contribution in [1.29, 1.82) is 0 Å². The van der Waals surface area contributed by atoms with Crippen LogP contribution < -0.4 is 4.90 Å². The van der Waals surface area contributed by atoms with Crippen LogP contribution >= 0.6 is 23.2 Å². The van der Waals surface area contributed by atoms with Crippen molar-refractivity contribution in [3.8, 4) is 0 Å². The Hall–Kier alpha value is -2.10. The first kappa shape index (κ1) is 25.5. The number of anilines is 1. The number of piperidine rings is 1. The molecule has 2 fully saturated rings. The molecular weight excluding hydrogens is 512 g/mol. The standard InChI is InChI=1S/C25H29Cl2F3N6/c1-3-8-34-9-4-5-16(12-34)17-13-35(14-17)21-11-31-22-23(25(28,29)30)33-36(24(22)32-21)15(2)19-7-6-18(26)10-20(19)27/h6-7,10-11,15-17H,3-5,8-9,12-14H2,1-2H3/t15-,16+/m1/s1. The van der Waals surface area contributed by atoms with Crippen LogP contribution in [0.3, 0.4) is 0 Å². The maximum atomic E-state index is 13.8. The largest absolute Gasteiger partial charge is 0.437 e. The molecule has 11 heteroatoms. The monoisotopic (exact) mass is 540 g/mol. The number of hydrogen-bond donors (Lipinski definition) is 0. The highest BCUT2D eigenvalue weighted by Gasteiger charge is 2.40. The van der Waals surface area contributed by atoms with Gasteiger partial charge in [-0.05, 0) is 68.8 Å². The van der Waals surface area contributed by atoms with Gasteiger partial charge in [0.2, 0.25) is 0 Å². The van der Waals surface area contributed by atoms with Crippen LogP contribution in [0.15, 0.2) is 24.4 Å². The number of nitrogens with zero attached hydrogens (tertiary/aromatic N) is 6. The summed E-state index contributed by atoms with van der Waals surface area (Å²) in [6.07, 6.45) is 0.384. The Labute approximate surface area is 218 Å². The molecule has 3 aromatic rings. The van der Waals surface area contributed by atoms with Crippen molar-refractivity contribution in [2.75, 3.05) is 37.6 Å². The molecule has 1 aromatic carbocycles. The van der Waals surface area contributed by atoms with E-state index in [9.17, 15) is 13.2 Å². The van der Waals surface area contributed by atoms with Crippen LogP contribution in [0.5, 0.6) is 0 Å². The lowest BCUT2D eigenvalue weighted by atomic mass is 9.80. The van der Waals surface area contributed by atoms with Crippen LogP contribution in [-0.2, 0) is 6.18 Å². The molecule has 4 heterocycles. The highest BCUT2D eigenvalue weighted by molar-refractivity contribution is 6.35. The van der Waals surface area contributed by atoms with Gasteiger partial charge in [0, 0.05) is 29.7 Å². The number of aromatic nitrogens is 4. The zero-order valence-electron chi connectivity index (χ0n) is 20.3. The lowest BCUT2D eigenvalue weighted by molar-refractivity contribution is -0.140. The van der Waals surface area contributed by atoms with Gasteiger partial charge in [-0.3, -0.25) is 0 Å². The molecule has 0 aliphatic carbocycles. The van der Waals surface area contributed by atoms with Crippen molar-refractivity contribution >= 4 is 40.2 Å². The third kappa shape index (κ3) is 4.89. The van der Waals surface area contributed by atoms with E-state index < -0.39 is 17.9 Å². The molecule has 0 saturated carbocycles. The minimum atomic E-state index is -4.66. The Morgan fingerprint density at radius 1 is 1.14 bits per heavy atom. The second-order valence-corrected chi connectivity index (χ2v) is 10.7. The van der Waals surface area contributed by atoms with Crippen molar-refractivity contribution < 1.29 is 13.2 Å². The number of halogens is 5. The molecule has 6 nitrogen and oxygen atoms in total. The van der Waals surface area contributed by atoms with Crippen molar-refractivity contribution in [3.63, 3.8) is 0 Å². The Morgan fingerprint density at radius 2 is 1.92 bits per heavy atom. The van der Waals surface area contributed by atoms with E-state index >= 15 is 0 Å². The van der Waals surface area contributed by atoms with Gasteiger partial charge in [-0.2, -0.15) is 18.3 Å². The number of rotatable bonds is 6. The van der Waals surface area contributed by atoms with Crippen LogP contribution in [0.25, 0.3) is 11.2 Å². The molecule has 0 amide bonds. The quantitative estimate of drug-likeness (QED) is 0.366. The molecule has 2 aliphatic rings. The van der Waals surface area contributed by atoms with Gasteiger partial charge < -0.3 is 9.80 Å². The Balaban J connectivity index is 1.42. The van der Waals surface area contributed by atoms with E-state index in [-0.39, 0.29) is 11.2 Å². The molecule has 2 saturated heterocycles. The summed E-state index contributed by atoms with van der Waals surface area (Å²) in [4.78, 5) is 13.5. The molecule has 194 valence electrons. The van der Waals surface area contributed by atoms with Gasteiger partial charge in [0.05, 0.1) is 12.2 Å². The summed E-state index contributed by atoms with van der Waals surface area (Å²) in [7, 11) is 0. The number of benzene rings is 1. The van der Waals surface area contributed by atoms with E-state index in [0.29, 0.717) is 33.3 Å². The van der Waals surface area contributed by atoms with Gasteiger partial charge in [-0.15, -0.1) is 0 Å². The first-order valence-corrected chi connectivity index (χ1v) is 13.2. The summed E-state index contributed by atoms with van der Waals surface area (Å²) in [6, 6.07) is 4.31. The molecule has 0 spiro atoms. The van der Waals surface area contributed by atoms with Crippen molar-refractivity contribution in [3.05, 3.63) is 45.7 Å². The van der Waals surface area contributed by atoms with Gasteiger partial charge in [0.25, 0.3) is 0 Å². The first-order valence-electron chi connectivity index (χ1n) is 12.4. The minimum absolute atomic E-state index is 0.0913. The highest BCUT2D eigenvalue weighted by Crippen LogP contribution is 2.38. The third-order valence-corrected chi connectivity index (χ3v) is 7.98. The van der Waals surface area contributed by atoms with E-state index in [1.807, 2.05) is 0 Å². The summed E-state index contributed by atoms with van der Waals surface area (Å²) in [5, 5.41) is 4.71. The van der Waals surface area contributed by atoms with Crippen LogP contribution in [0, 0.1) is 11.8 Å². The van der Waals surface area contributed by atoms with E-state index in [1.165, 1.54) is 30.3 Å². The van der Waals surface area contributed by atoms with Crippen molar-refractivity contribution in [1.82, 2.24) is 24.6 Å². The van der Waals surface area contributed by atoms with Crippen LogP contribution in [-0.4, -0.2) is 57.4 Å². The average Bonchev–Trinajstić information content (AvgIpc) is 3.18. The average molecular weight is 541 g/mol. The van der Waals surface area contributed by atoms with Gasteiger partial charge in [-0.25, -0.2) is 14.6 Å². The van der Waals surface area contributed by atoms with Gasteiger partial charge in [0.15, 0.2) is 11.3 Å². The maximum Gasteiger partial charge on any atom is 0.437 e. The van der Waals surface area contributed by atoms with Gasteiger partial charge >= 0.3 is 6.18 Å². The number of hydrogen-bond acceptors (Lipinski definition) is 5. The topological polar surface area (TPSA) is 50.1 Å². The Bertz CT molecular complexity index is 1240. The van der Waals surface area contributed by atoms with Crippen LogP contribution in [0.1, 0.15) is 50.4 Å². The molecule has 0 bridgehead atoms. The maximum absolute atomic E-state index is 13.8. The van der Waals surface area contributed by atoms with Crippen LogP contribution in [0.2, 0.25) is 10.0 Å². The van der Waals surface area contributed by atoms with E-state index in [0.717, 1.165) is 32.6 Å². The van der Waals surface area contributed by atoms with Crippen LogP contribution in [0.4, 0.5) is 19.0 Å². The normalized spacial score (nSPS) is 20.6. The molecule has 5 rings (SSSR count). The second kappa shape index (κ2) is 9.99. The molecule has 0 N–H and O–H groups in total. The zero-order valence-corrected chi connectivity index (χ0v) is 21.8. The van der Waals surface area contributed by atoms with Crippen molar-refractivity contribution in [2.24, 2.45) is 11.8 Å². The smallest absolute Gasteiger partial charge is 0.355 e. The number of likely N-dealkylation sites (tertiary alicyclic amines) is 1. The summed E-state index contributed by atoms with van der Waals surface area (Å²) in [6.45, 7) is 9.05. The SMILES string of the molecule is CCCN1CCC[C@H](C2CN(c3cnc4c(C(F)(F)F)nn([C@H](C)c5ccc(Cl)cc5Cl)c4n3)C2)C1. The molecule has 2 aromatic heterocycles. The fourth-order valence-electron chi connectivity index (χ4n) is 5.48. The lowest BCUT2D eigenvalue weighted by Gasteiger charge is -2.47. The second-order valence-electron chi connectivity index (χ2n) is 9.90. The van der Waals surface area contributed by atoms with E-state index in [1.54, 1.807) is 25.1 Å². The number of fused-ring (bicyclic) bond motifs is 1. The zero-order chi connectivity index (χ0) is 25.6. The van der Waals surface area contributed by atoms with Gasteiger partial charge in [-0.1, -0.05) is 36.2 Å². The van der Waals surface area contributed by atoms with Gasteiger partial charge in [0.1, 0.15) is 11.3 Å². The lowest BCUT2D eigenvalue weighted by Crippen LogP contribution is -2.53. The first-order chi connectivity index (χ1) is 17.2. The van der Waals surface area contributed by atoms with Crippen molar-refractivity contribution in [2.45, 2.75) is 45.3 Å². The highest BCUT2D eigenvalue weighted by atomic mass is 35.5. The Kier molecular flexibility index (Phi) is 7.09. The molecule has 2 atom stereocenters. The van der Waals surface area contributed by atoms with E-state index in [4.69, 9.17) is 23.2 Å². The molecule has 2 aliphatic heterocycles. The molecule has 36 heavy (non-hydrogen) atoms. The number of alkyl halides is 3. The predicted octanol–water partition coefficient (Wildman–Crippen LogP) is 6.32. The van der Waals surface area contributed by atoms with E-state index in [2.05, 4.69) is 31.8 Å². The molecular formula is C25H29Cl2F3N6. The summed E-state index contributed by atoms with van der Waals surface area (Å²) in [5.41, 5.74) is -0.617. The predicted molar refractivity (Wildman–Crippen MR) is 136 cm³/mol.